The molecule has 1 aliphatic heterocycles. The third-order valence-corrected chi connectivity index (χ3v) is 9.02. The second-order valence-electron chi connectivity index (χ2n) is 11.5. The van der Waals surface area contributed by atoms with E-state index >= 15 is 0 Å². The van der Waals surface area contributed by atoms with Crippen molar-refractivity contribution in [1.29, 1.82) is 0 Å². The zero-order valence-electron chi connectivity index (χ0n) is 25.6. The monoisotopic (exact) mass is 646 g/mol. The first kappa shape index (κ1) is 33.0. The van der Waals surface area contributed by atoms with Gasteiger partial charge in [0.05, 0.1) is 32.7 Å². The lowest BCUT2D eigenvalue weighted by Crippen LogP contribution is -2.44. The van der Waals surface area contributed by atoms with Gasteiger partial charge in [0.25, 0.3) is 0 Å². The highest BCUT2D eigenvalue weighted by atomic mass is 31.2. The van der Waals surface area contributed by atoms with Crippen LogP contribution in [0, 0.1) is 5.92 Å². The van der Waals surface area contributed by atoms with Crippen molar-refractivity contribution in [2.45, 2.75) is 64.1 Å². The van der Waals surface area contributed by atoms with Crippen LogP contribution in [0.25, 0.3) is 21.9 Å². The first-order chi connectivity index (χ1) is 21.3. The van der Waals surface area contributed by atoms with Crippen LogP contribution >= 0.6 is 7.75 Å². The topological polar surface area (TPSA) is 206 Å². The van der Waals surface area contributed by atoms with Gasteiger partial charge >= 0.3 is 7.75 Å². The SMILES string of the molecule is COc1nc(N)nc2c1ncn2C1OC(COP(=O)(NC(C)C(O)OCC(C)C)Oc2cccc3ccccc23)C(O)C1(C)O. The average Bonchev–Trinajstić information content (AvgIpc) is 3.51. The second kappa shape index (κ2) is 13.1. The highest BCUT2D eigenvalue weighted by Gasteiger charge is 2.54. The third kappa shape index (κ3) is 6.90. The van der Waals surface area contributed by atoms with E-state index in [4.69, 9.17) is 29.0 Å². The van der Waals surface area contributed by atoms with Crippen LogP contribution < -0.4 is 20.1 Å². The molecule has 5 rings (SSSR count). The molecule has 2 aromatic heterocycles. The molecule has 1 aliphatic rings. The number of nitrogens with one attached hydrogen (secondary N) is 1. The van der Waals surface area contributed by atoms with E-state index in [1.54, 1.807) is 19.1 Å². The highest BCUT2D eigenvalue weighted by molar-refractivity contribution is 7.52. The summed E-state index contributed by atoms with van der Waals surface area (Å²) in [5, 5.41) is 37.4. The van der Waals surface area contributed by atoms with Gasteiger partial charge in [-0.15, -0.1) is 0 Å². The highest BCUT2D eigenvalue weighted by Crippen LogP contribution is 2.48. The minimum Gasteiger partial charge on any atom is -0.479 e. The largest absolute Gasteiger partial charge is 0.479 e. The molecule has 1 saturated heterocycles. The van der Waals surface area contributed by atoms with Gasteiger partial charge in [0.1, 0.15) is 23.6 Å². The maximum absolute atomic E-state index is 14.3. The lowest BCUT2D eigenvalue weighted by Gasteiger charge is -2.28. The van der Waals surface area contributed by atoms with Crippen molar-refractivity contribution in [2.75, 3.05) is 26.1 Å². The molecular weight excluding hydrogens is 607 g/mol. The Morgan fingerprint density at radius 3 is 2.64 bits per heavy atom. The van der Waals surface area contributed by atoms with Crippen LogP contribution in [0.4, 0.5) is 5.95 Å². The summed E-state index contributed by atoms with van der Waals surface area (Å²) in [4.78, 5) is 12.5. The Morgan fingerprint density at radius 1 is 1.18 bits per heavy atom. The van der Waals surface area contributed by atoms with Gasteiger partial charge in [0.15, 0.2) is 23.7 Å². The first-order valence-corrected chi connectivity index (χ1v) is 16.0. The maximum Gasteiger partial charge on any atom is 0.459 e. The molecule has 7 unspecified atom stereocenters. The van der Waals surface area contributed by atoms with Gasteiger partial charge in [-0.1, -0.05) is 50.2 Å². The molecule has 45 heavy (non-hydrogen) atoms. The fourth-order valence-corrected chi connectivity index (χ4v) is 6.58. The van der Waals surface area contributed by atoms with Crippen LogP contribution in [0.2, 0.25) is 0 Å². The minimum atomic E-state index is -4.30. The van der Waals surface area contributed by atoms with Crippen LogP contribution in [0.1, 0.15) is 33.9 Å². The standard InChI is InChI=1S/C29H39N6O9P/c1-16(2)13-41-26(37)17(3)34-45(39,44-20-12-8-10-18-9-6-7-11-19(18)20)42-14-21-23(36)29(4,38)27(43-21)35-15-31-22-24(35)32-28(30)33-25(22)40-5/h6-12,15-17,21,23,26-27,36-38H,13-14H2,1-5H3,(H,34,39)(H2,30,32,33). The molecule has 0 radical (unpaired) electrons. The Hall–Kier alpha value is -3.40. The van der Waals surface area contributed by atoms with Gasteiger partial charge in [-0.3, -0.25) is 9.09 Å². The number of methoxy groups -OCH3 is 1. The molecule has 15 nitrogen and oxygen atoms in total. The molecular formula is C29H39N6O9P. The number of aliphatic hydroxyl groups excluding tert-OH is 2. The van der Waals surface area contributed by atoms with Gasteiger partial charge in [-0.25, -0.2) is 14.6 Å². The number of hydrogen-bond donors (Lipinski definition) is 5. The van der Waals surface area contributed by atoms with Crippen molar-refractivity contribution < 1.29 is 43.1 Å². The molecule has 3 heterocycles. The lowest BCUT2D eigenvalue weighted by molar-refractivity contribution is -0.121. The fourth-order valence-electron chi connectivity index (χ4n) is 5.01. The van der Waals surface area contributed by atoms with E-state index in [2.05, 4.69) is 20.0 Å². The predicted octanol–water partition coefficient (Wildman–Crippen LogP) is 2.75. The van der Waals surface area contributed by atoms with E-state index in [1.165, 1.54) is 24.9 Å². The number of nitrogen functional groups attached to an aromatic ring is 1. The van der Waals surface area contributed by atoms with Crippen molar-refractivity contribution >= 4 is 35.6 Å². The van der Waals surface area contributed by atoms with Crippen LogP contribution in [0.15, 0.2) is 48.8 Å². The van der Waals surface area contributed by atoms with E-state index in [-0.39, 0.29) is 41.3 Å². The molecule has 2 aromatic carbocycles. The maximum atomic E-state index is 14.3. The van der Waals surface area contributed by atoms with Gasteiger partial charge in [-0.2, -0.15) is 9.97 Å². The molecule has 244 valence electrons. The minimum absolute atomic E-state index is 0.0922. The summed E-state index contributed by atoms with van der Waals surface area (Å²) in [6.07, 6.45) is -3.88. The number of anilines is 1. The number of aliphatic hydroxyl groups is 3. The van der Waals surface area contributed by atoms with Crippen molar-refractivity contribution in [1.82, 2.24) is 24.6 Å². The second-order valence-corrected chi connectivity index (χ2v) is 13.2. The normalized spacial score (nSPS) is 24.6. The number of rotatable bonds is 13. The lowest BCUT2D eigenvalue weighted by atomic mass is 9.96. The van der Waals surface area contributed by atoms with Crippen LogP contribution in [-0.4, -0.2) is 85.3 Å². The molecule has 0 aliphatic carbocycles. The summed E-state index contributed by atoms with van der Waals surface area (Å²) in [7, 11) is -2.89. The molecule has 0 amide bonds. The number of ether oxygens (including phenoxy) is 3. The molecule has 7 atom stereocenters. The van der Waals surface area contributed by atoms with Crippen molar-refractivity contribution in [3.63, 3.8) is 0 Å². The van der Waals surface area contributed by atoms with Gasteiger partial charge in [0.2, 0.25) is 11.8 Å². The van der Waals surface area contributed by atoms with Gasteiger partial charge in [0, 0.05) is 5.39 Å². The first-order valence-electron chi connectivity index (χ1n) is 14.4. The summed E-state index contributed by atoms with van der Waals surface area (Å²) < 4.78 is 44.4. The number of benzene rings is 2. The number of nitrogens with zero attached hydrogens (tertiary/aromatic N) is 4. The number of nitrogens with two attached hydrogens (primary N) is 1. The van der Waals surface area contributed by atoms with Crippen LogP contribution in [0.5, 0.6) is 11.6 Å². The predicted molar refractivity (Wildman–Crippen MR) is 164 cm³/mol. The van der Waals surface area contributed by atoms with E-state index in [1.807, 2.05) is 44.2 Å². The van der Waals surface area contributed by atoms with E-state index in [9.17, 15) is 19.9 Å². The summed E-state index contributed by atoms with van der Waals surface area (Å²) in [5.41, 5.74) is 4.44. The van der Waals surface area contributed by atoms with Gasteiger partial charge in [-0.05, 0) is 31.2 Å². The Morgan fingerprint density at radius 2 is 1.91 bits per heavy atom. The third-order valence-electron chi connectivity index (χ3n) is 7.37. The fraction of sp³-hybridized carbons (Fsp3) is 0.483. The summed E-state index contributed by atoms with van der Waals surface area (Å²) in [5.74, 6) is 0.453. The summed E-state index contributed by atoms with van der Waals surface area (Å²) in [6, 6.07) is 11.8. The number of imidazole rings is 1. The number of aromatic nitrogens is 4. The number of hydrogen-bond acceptors (Lipinski definition) is 13. The Labute approximate surface area is 259 Å². The summed E-state index contributed by atoms with van der Waals surface area (Å²) in [6.45, 7) is 6.61. The molecule has 0 bridgehead atoms. The molecule has 1 fully saturated rings. The zero-order valence-corrected chi connectivity index (χ0v) is 26.5. The Balaban J connectivity index is 1.40. The van der Waals surface area contributed by atoms with Crippen LogP contribution in [-0.2, 0) is 18.6 Å². The van der Waals surface area contributed by atoms with Crippen molar-refractivity contribution in [3.8, 4) is 11.6 Å². The summed E-state index contributed by atoms with van der Waals surface area (Å²) >= 11 is 0. The van der Waals surface area contributed by atoms with Gasteiger partial charge < -0.3 is 39.8 Å². The van der Waals surface area contributed by atoms with E-state index < -0.39 is 50.7 Å². The van der Waals surface area contributed by atoms with E-state index in [0.717, 1.165) is 5.39 Å². The quantitative estimate of drug-likeness (QED) is 0.105. The zero-order chi connectivity index (χ0) is 32.5. The Kier molecular flexibility index (Phi) is 9.63. The molecule has 16 heteroatoms. The molecule has 4 aromatic rings. The number of fused-ring (bicyclic) bond motifs is 2. The molecule has 6 N–H and O–H groups in total. The average molecular weight is 647 g/mol. The van der Waals surface area contributed by atoms with Crippen molar-refractivity contribution in [2.24, 2.45) is 5.92 Å². The molecule has 0 spiro atoms. The molecule has 0 saturated carbocycles. The van der Waals surface area contributed by atoms with Crippen LogP contribution in [0.3, 0.4) is 0 Å². The Bertz CT molecular complexity index is 1680. The smallest absolute Gasteiger partial charge is 0.459 e. The van der Waals surface area contributed by atoms with Crippen molar-refractivity contribution in [3.05, 3.63) is 48.8 Å². The van der Waals surface area contributed by atoms with E-state index in [0.29, 0.717) is 5.39 Å².